The largest absolute Gasteiger partial charge is 0.444 e. The van der Waals surface area contributed by atoms with Crippen LogP contribution in [-0.2, 0) is 14.2 Å². The molecule has 6 heteroatoms. The predicted molar refractivity (Wildman–Crippen MR) is 83.3 cm³/mol. The monoisotopic (exact) mass is 304 g/mol. The number of ether oxygens (including phenoxy) is 3. The second-order valence-corrected chi connectivity index (χ2v) is 6.53. The van der Waals surface area contributed by atoms with Crippen LogP contribution in [0.5, 0.6) is 0 Å². The molecule has 2 unspecified atom stereocenters. The molecule has 0 aliphatic carbocycles. The average Bonchev–Trinajstić information content (AvgIpc) is 2.33. The summed E-state index contributed by atoms with van der Waals surface area (Å²) in [5, 5.41) is 6.21. The van der Waals surface area contributed by atoms with Gasteiger partial charge in [-0.3, -0.25) is 0 Å². The summed E-state index contributed by atoms with van der Waals surface area (Å²) >= 11 is 0. The number of rotatable bonds is 8. The molecule has 0 aliphatic rings. The molecule has 0 aromatic carbocycles. The molecule has 2 atom stereocenters. The van der Waals surface area contributed by atoms with E-state index in [0.717, 1.165) is 0 Å². The number of hydrogen-bond acceptors (Lipinski definition) is 5. The molecule has 0 radical (unpaired) electrons. The molecule has 0 saturated heterocycles. The molecular formula is C15H32N2O4. The fraction of sp³-hybridized carbons (Fsp3) is 0.933. The minimum Gasteiger partial charge on any atom is -0.444 e. The molecule has 0 fully saturated rings. The molecule has 0 aromatic rings. The van der Waals surface area contributed by atoms with Gasteiger partial charge < -0.3 is 24.8 Å². The van der Waals surface area contributed by atoms with Gasteiger partial charge in [0.15, 0.2) is 6.29 Å². The van der Waals surface area contributed by atoms with Crippen molar-refractivity contribution in [1.29, 1.82) is 0 Å². The number of carbonyl (C=O) groups is 1. The van der Waals surface area contributed by atoms with Crippen LogP contribution in [0.1, 0.15) is 41.5 Å². The maximum Gasteiger partial charge on any atom is 0.407 e. The Kier molecular flexibility index (Phi) is 8.85. The Labute approximate surface area is 128 Å². The van der Waals surface area contributed by atoms with E-state index in [-0.39, 0.29) is 24.3 Å². The van der Waals surface area contributed by atoms with Crippen LogP contribution in [0.4, 0.5) is 4.79 Å². The fourth-order valence-electron chi connectivity index (χ4n) is 1.83. The quantitative estimate of drug-likeness (QED) is 0.672. The minimum absolute atomic E-state index is 0.0155. The topological polar surface area (TPSA) is 68.8 Å². The minimum atomic E-state index is -0.496. The molecule has 0 heterocycles. The highest BCUT2D eigenvalue weighted by molar-refractivity contribution is 5.68. The smallest absolute Gasteiger partial charge is 0.407 e. The van der Waals surface area contributed by atoms with E-state index in [9.17, 15) is 4.79 Å². The molecule has 126 valence electrons. The second kappa shape index (κ2) is 9.23. The third kappa shape index (κ3) is 8.90. The van der Waals surface area contributed by atoms with Crippen LogP contribution in [0, 0.1) is 5.92 Å². The zero-order chi connectivity index (χ0) is 16.6. The lowest BCUT2D eigenvalue weighted by atomic mass is 10.0. The predicted octanol–water partition coefficient (Wildman–Crippen LogP) is 2.13. The number of alkyl carbamates (subject to hydrolysis) is 1. The van der Waals surface area contributed by atoms with E-state index < -0.39 is 11.7 Å². The summed E-state index contributed by atoms with van der Waals surface area (Å²) in [6, 6.07) is -0.0154. The molecule has 0 saturated carbocycles. The highest BCUT2D eigenvalue weighted by atomic mass is 16.7. The van der Waals surface area contributed by atoms with Gasteiger partial charge in [0.2, 0.25) is 0 Å². The molecule has 0 aliphatic heterocycles. The van der Waals surface area contributed by atoms with E-state index in [4.69, 9.17) is 14.2 Å². The van der Waals surface area contributed by atoms with Crippen LogP contribution < -0.4 is 10.6 Å². The Hall–Kier alpha value is -0.850. The van der Waals surface area contributed by atoms with Gasteiger partial charge in [-0.25, -0.2) is 4.79 Å². The fourth-order valence-corrected chi connectivity index (χ4v) is 1.83. The van der Waals surface area contributed by atoms with Gasteiger partial charge in [0, 0.05) is 26.8 Å². The summed E-state index contributed by atoms with van der Waals surface area (Å²) in [7, 11) is 3.20. The van der Waals surface area contributed by atoms with Crippen molar-refractivity contribution in [3.63, 3.8) is 0 Å². The maximum absolute atomic E-state index is 11.9. The molecule has 1 amide bonds. The first-order valence-corrected chi connectivity index (χ1v) is 7.39. The molecule has 0 aromatic heterocycles. The van der Waals surface area contributed by atoms with Gasteiger partial charge in [-0.15, -0.1) is 0 Å². The van der Waals surface area contributed by atoms with Gasteiger partial charge in [0.05, 0.1) is 6.04 Å². The van der Waals surface area contributed by atoms with Crippen LogP contribution in [0.3, 0.4) is 0 Å². The third-order valence-electron chi connectivity index (χ3n) is 3.04. The zero-order valence-electron chi connectivity index (χ0n) is 14.6. The summed E-state index contributed by atoms with van der Waals surface area (Å²) < 4.78 is 15.7. The van der Waals surface area contributed by atoms with Crippen LogP contribution in [0.2, 0.25) is 0 Å². The number of methoxy groups -OCH3 is 2. The van der Waals surface area contributed by atoms with E-state index >= 15 is 0 Å². The van der Waals surface area contributed by atoms with E-state index in [2.05, 4.69) is 24.5 Å². The average molecular weight is 304 g/mol. The van der Waals surface area contributed by atoms with Crippen molar-refractivity contribution in [3.05, 3.63) is 0 Å². The molecule has 0 bridgehead atoms. The van der Waals surface area contributed by atoms with E-state index in [1.807, 2.05) is 27.7 Å². The Bertz CT molecular complexity index is 299. The summed E-state index contributed by atoms with van der Waals surface area (Å²) in [4.78, 5) is 11.9. The summed E-state index contributed by atoms with van der Waals surface area (Å²) in [6.07, 6.45) is -0.718. The Morgan fingerprint density at radius 3 is 2.00 bits per heavy atom. The lowest BCUT2D eigenvalue weighted by molar-refractivity contribution is -0.119. The molecule has 6 nitrogen and oxygen atoms in total. The van der Waals surface area contributed by atoms with Gasteiger partial charge in [-0.1, -0.05) is 13.8 Å². The van der Waals surface area contributed by atoms with Crippen molar-refractivity contribution < 1.29 is 19.0 Å². The van der Waals surface area contributed by atoms with Gasteiger partial charge in [0.1, 0.15) is 5.60 Å². The number of hydrogen-bond donors (Lipinski definition) is 2. The molecule has 0 rings (SSSR count). The standard InChI is InChI=1S/C15H32N2O4/c1-10(2)12(17-14(18)21-15(4,5)6)9-16-11(3)13(19-7)20-8/h10-13,16H,9H2,1-8H3,(H,17,18). The first kappa shape index (κ1) is 20.1. The summed E-state index contributed by atoms with van der Waals surface area (Å²) in [6.45, 7) is 12.2. The summed E-state index contributed by atoms with van der Waals surface area (Å²) in [5.74, 6) is 0.278. The molecule has 2 N–H and O–H groups in total. The summed E-state index contributed by atoms with van der Waals surface area (Å²) in [5.41, 5.74) is -0.496. The SMILES string of the molecule is COC(OC)C(C)NCC(NC(=O)OC(C)(C)C)C(C)C. The third-order valence-corrected chi connectivity index (χ3v) is 3.04. The Morgan fingerprint density at radius 1 is 1.10 bits per heavy atom. The van der Waals surface area contributed by atoms with Crippen LogP contribution in [-0.4, -0.2) is 50.8 Å². The highest BCUT2D eigenvalue weighted by Gasteiger charge is 2.23. The van der Waals surface area contributed by atoms with Gasteiger partial charge in [0.25, 0.3) is 0 Å². The van der Waals surface area contributed by atoms with E-state index in [1.165, 1.54) is 0 Å². The van der Waals surface area contributed by atoms with Crippen LogP contribution in [0.25, 0.3) is 0 Å². The van der Waals surface area contributed by atoms with Crippen molar-refractivity contribution in [2.45, 2.75) is 65.5 Å². The zero-order valence-corrected chi connectivity index (χ0v) is 14.6. The van der Waals surface area contributed by atoms with Crippen molar-refractivity contribution in [3.8, 4) is 0 Å². The lowest BCUT2D eigenvalue weighted by Gasteiger charge is -2.28. The molecule has 0 spiro atoms. The molecular weight excluding hydrogens is 272 g/mol. The van der Waals surface area contributed by atoms with E-state index in [1.54, 1.807) is 14.2 Å². The van der Waals surface area contributed by atoms with Crippen LogP contribution >= 0.6 is 0 Å². The second-order valence-electron chi connectivity index (χ2n) is 6.53. The number of nitrogens with one attached hydrogen (secondary N) is 2. The maximum atomic E-state index is 11.9. The number of carbonyl (C=O) groups excluding carboxylic acids is 1. The highest BCUT2D eigenvalue weighted by Crippen LogP contribution is 2.09. The first-order chi connectivity index (χ1) is 9.60. The first-order valence-electron chi connectivity index (χ1n) is 7.39. The van der Waals surface area contributed by atoms with Crippen molar-refractivity contribution >= 4 is 6.09 Å². The van der Waals surface area contributed by atoms with Crippen molar-refractivity contribution in [2.75, 3.05) is 20.8 Å². The lowest BCUT2D eigenvalue weighted by Crippen LogP contribution is -2.50. The van der Waals surface area contributed by atoms with Crippen molar-refractivity contribution in [2.24, 2.45) is 5.92 Å². The Morgan fingerprint density at radius 2 is 1.62 bits per heavy atom. The Balaban J connectivity index is 4.41. The van der Waals surface area contributed by atoms with Crippen molar-refractivity contribution in [1.82, 2.24) is 10.6 Å². The van der Waals surface area contributed by atoms with Gasteiger partial charge >= 0.3 is 6.09 Å². The molecule has 21 heavy (non-hydrogen) atoms. The number of amides is 1. The van der Waals surface area contributed by atoms with E-state index in [0.29, 0.717) is 6.54 Å². The normalized spacial score (nSPS) is 15.1. The van der Waals surface area contributed by atoms with Gasteiger partial charge in [-0.2, -0.15) is 0 Å². The van der Waals surface area contributed by atoms with Gasteiger partial charge in [-0.05, 0) is 33.6 Å². The van der Waals surface area contributed by atoms with Crippen LogP contribution in [0.15, 0.2) is 0 Å².